The first-order valence-corrected chi connectivity index (χ1v) is 12.3. The monoisotopic (exact) mass is 498 g/mol. The molecule has 0 aliphatic heterocycles. The van der Waals surface area contributed by atoms with Crippen LogP contribution in [-0.2, 0) is 5.75 Å². The molecule has 8 heteroatoms. The van der Waals surface area contributed by atoms with Crippen molar-refractivity contribution in [2.75, 3.05) is 5.32 Å². The third-order valence-electron chi connectivity index (χ3n) is 5.81. The van der Waals surface area contributed by atoms with Gasteiger partial charge in [0.05, 0.1) is 12.0 Å². The predicted molar refractivity (Wildman–Crippen MR) is 139 cm³/mol. The third-order valence-corrected chi connectivity index (χ3v) is 6.81. The van der Waals surface area contributed by atoms with Gasteiger partial charge in [-0.05, 0) is 91.2 Å². The molecule has 0 saturated heterocycles. The van der Waals surface area contributed by atoms with Crippen LogP contribution in [0.5, 0.6) is 0 Å². The number of rotatable bonds is 7. The number of amides is 1. The summed E-state index contributed by atoms with van der Waals surface area (Å²) < 4.78 is 20.9. The van der Waals surface area contributed by atoms with Gasteiger partial charge in [-0.2, -0.15) is 0 Å². The molecule has 2 aromatic heterocycles. The van der Waals surface area contributed by atoms with E-state index >= 15 is 0 Å². The fourth-order valence-corrected chi connectivity index (χ4v) is 4.58. The van der Waals surface area contributed by atoms with Crippen molar-refractivity contribution in [3.05, 3.63) is 113 Å². The fraction of sp³-hybridized carbons (Fsp3) is 0.107. The van der Waals surface area contributed by atoms with Crippen LogP contribution in [0.3, 0.4) is 0 Å². The van der Waals surface area contributed by atoms with E-state index in [4.69, 9.17) is 4.42 Å². The van der Waals surface area contributed by atoms with Crippen molar-refractivity contribution in [3.63, 3.8) is 0 Å². The van der Waals surface area contributed by atoms with E-state index in [1.54, 1.807) is 30.5 Å². The van der Waals surface area contributed by atoms with Crippen molar-refractivity contribution in [2.24, 2.45) is 0 Å². The van der Waals surface area contributed by atoms with Gasteiger partial charge in [0.1, 0.15) is 5.82 Å². The van der Waals surface area contributed by atoms with Gasteiger partial charge in [0.2, 0.25) is 5.82 Å². The molecule has 6 nitrogen and oxygen atoms in total. The van der Waals surface area contributed by atoms with E-state index in [1.165, 1.54) is 29.5 Å². The van der Waals surface area contributed by atoms with Crippen molar-refractivity contribution < 1.29 is 13.6 Å². The number of halogens is 1. The van der Waals surface area contributed by atoms with Gasteiger partial charge in [0, 0.05) is 17.0 Å². The molecule has 0 aliphatic carbocycles. The zero-order valence-corrected chi connectivity index (χ0v) is 20.6. The third kappa shape index (κ3) is 5.08. The second-order valence-corrected chi connectivity index (χ2v) is 9.28. The zero-order valence-electron chi connectivity index (χ0n) is 19.7. The van der Waals surface area contributed by atoms with Crippen LogP contribution >= 0.6 is 11.8 Å². The first kappa shape index (κ1) is 23.6. The maximum Gasteiger partial charge on any atom is 0.255 e. The lowest BCUT2D eigenvalue weighted by Crippen LogP contribution is -2.12. The molecule has 0 fully saturated rings. The van der Waals surface area contributed by atoms with E-state index in [1.807, 2.05) is 60.9 Å². The van der Waals surface area contributed by atoms with E-state index in [2.05, 4.69) is 15.5 Å². The maximum absolute atomic E-state index is 13.5. The molecule has 5 aromatic rings. The Kier molecular flexibility index (Phi) is 6.69. The summed E-state index contributed by atoms with van der Waals surface area (Å²) in [6, 6.07) is 23.1. The highest BCUT2D eigenvalue weighted by atomic mass is 32.2. The quantitative estimate of drug-likeness (QED) is 0.249. The Labute approximate surface area is 212 Å². The highest BCUT2D eigenvalue weighted by Crippen LogP contribution is 2.30. The van der Waals surface area contributed by atoms with Gasteiger partial charge < -0.3 is 9.73 Å². The van der Waals surface area contributed by atoms with Crippen LogP contribution in [0.2, 0.25) is 0 Å². The normalized spacial score (nSPS) is 11.0. The molecule has 1 amide bonds. The molecule has 3 aromatic carbocycles. The van der Waals surface area contributed by atoms with Crippen molar-refractivity contribution in [1.29, 1.82) is 0 Å². The highest BCUT2D eigenvalue weighted by Gasteiger charge is 2.18. The van der Waals surface area contributed by atoms with Crippen molar-refractivity contribution in [3.8, 4) is 17.3 Å². The molecule has 2 heterocycles. The number of carbonyl (C=O) groups excluding carboxylic acids is 1. The standard InChI is InChI=1S/C28H23FN4O2S/c1-18-5-12-23(16-19(18)2)30-27(34)21-8-6-20(7-9-21)17-36-28-32-31-26(25-4-3-15-35-25)33(28)24-13-10-22(29)11-14-24/h3-16H,17H2,1-2H3,(H,30,34). The Balaban J connectivity index is 1.31. The molecule has 0 bridgehead atoms. The number of aromatic nitrogens is 3. The second-order valence-electron chi connectivity index (χ2n) is 8.33. The van der Waals surface area contributed by atoms with Gasteiger partial charge in [0.25, 0.3) is 5.91 Å². The fourth-order valence-electron chi connectivity index (χ4n) is 3.67. The summed E-state index contributed by atoms with van der Waals surface area (Å²) in [5.74, 6) is 1.24. The molecule has 36 heavy (non-hydrogen) atoms. The molecule has 0 spiro atoms. The summed E-state index contributed by atoms with van der Waals surface area (Å²) in [6.45, 7) is 4.06. The minimum Gasteiger partial charge on any atom is -0.461 e. The Morgan fingerprint density at radius 1 is 0.972 bits per heavy atom. The van der Waals surface area contributed by atoms with Crippen LogP contribution in [0.1, 0.15) is 27.0 Å². The number of anilines is 1. The number of hydrogen-bond donors (Lipinski definition) is 1. The summed E-state index contributed by atoms with van der Waals surface area (Å²) in [6.07, 6.45) is 1.57. The Morgan fingerprint density at radius 3 is 2.44 bits per heavy atom. The number of benzene rings is 3. The minimum absolute atomic E-state index is 0.156. The van der Waals surface area contributed by atoms with Crippen molar-refractivity contribution >= 4 is 23.4 Å². The first-order chi connectivity index (χ1) is 17.5. The summed E-state index contributed by atoms with van der Waals surface area (Å²) >= 11 is 1.49. The molecule has 1 N–H and O–H groups in total. The van der Waals surface area contributed by atoms with Crippen LogP contribution in [0, 0.1) is 19.7 Å². The molecule has 5 rings (SSSR count). The zero-order chi connectivity index (χ0) is 25.1. The van der Waals surface area contributed by atoms with E-state index < -0.39 is 0 Å². The van der Waals surface area contributed by atoms with Crippen LogP contribution in [0.4, 0.5) is 10.1 Å². The SMILES string of the molecule is Cc1ccc(NC(=O)c2ccc(CSc3nnc(-c4ccco4)n3-c3ccc(F)cc3)cc2)cc1C. The molecule has 0 saturated carbocycles. The maximum atomic E-state index is 13.5. The summed E-state index contributed by atoms with van der Waals surface area (Å²) in [4.78, 5) is 12.7. The van der Waals surface area contributed by atoms with E-state index in [-0.39, 0.29) is 11.7 Å². The van der Waals surface area contributed by atoms with Gasteiger partial charge in [-0.15, -0.1) is 10.2 Å². The van der Waals surface area contributed by atoms with Crippen LogP contribution in [-0.4, -0.2) is 20.7 Å². The van der Waals surface area contributed by atoms with E-state index in [0.29, 0.717) is 28.1 Å². The Hall–Kier alpha value is -4.17. The molecular weight excluding hydrogens is 475 g/mol. The van der Waals surface area contributed by atoms with E-state index in [0.717, 1.165) is 22.5 Å². The van der Waals surface area contributed by atoms with Crippen LogP contribution in [0.15, 0.2) is 94.7 Å². The van der Waals surface area contributed by atoms with Gasteiger partial charge in [-0.25, -0.2) is 4.39 Å². The Bertz CT molecular complexity index is 1490. The second kappa shape index (κ2) is 10.2. The van der Waals surface area contributed by atoms with Gasteiger partial charge in [0.15, 0.2) is 10.9 Å². The minimum atomic E-state index is -0.317. The average Bonchev–Trinajstić information content (AvgIpc) is 3.56. The van der Waals surface area contributed by atoms with Gasteiger partial charge in [-0.1, -0.05) is 30.0 Å². The molecular formula is C28H23FN4O2S. The molecule has 0 aliphatic rings. The molecule has 180 valence electrons. The van der Waals surface area contributed by atoms with Gasteiger partial charge in [-0.3, -0.25) is 9.36 Å². The highest BCUT2D eigenvalue weighted by molar-refractivity contribution is 7.98. The molecule has 0 atom stereocenters. The number of hydrogen-bond acceptors (Lipinski definition) is 5. The lowest BCUT2D eigenvalue weighted by atomic mass is 10.1. The predicted octanol–water partition coefficient (Wildman–Crippen LogP) is 6.83. The van der Waals surface area contributed by atoms with Gasteiger partial charge >= 0.3 is 0 Å². The summed E-state index contributed by atoms with van der Waals surface area (Å²) in [5.41, 5.74) is 5.42. The number of furan rings is 1. The number of nitrogens with zero attached hydrogens (tertiary/aromatic N) is 3. The smallest absolute Gasteiger partial charge is 0.255 e. The number of nitrogens with one attached hydrogen (secondary N) is 1. The van der Waals surface area contributed by atoms with Crippen molar-refractivity contribution in [1.82, 2.24) is 14.8 Å². The van der Waals surface area contributed by atoms with Crippen molar-refractivity contribution in [2.45, 2.75) is 24.8 Å². The lowest BCUT2D eigenvalue weighted by Gasteiger charge is -2.10. The topological polar surface area (TPSA) is 73.0 Å². The van der Waals surface area contributed by atoms with Crippen LogP contribution in [0.25, 0.3) is 17.3 Å². The number of carbonyl (C=O) groups is 1. The number of thioether (sulfide) groups is 1. The molecule has 0 unspecified atom stereocenters. The Morgan fingerprint density at radius 2 is 1.75 bits per heavy atom. The summed E-state index contributed by atoms with van der Waals surface area (Å²) in [7, 11) is 0. The largest absolute Gasteiger partial charge is 0.461 e. The summed E-state index contributed by atoms with van der Waals surface area (Å²) in [5, 5.41) is 12.3. The lowest BCUT2D eigenvalue weighted by molar-refractivity contribution is 0.102. The van der Waals surface area contributed by atoms with Crippen LogP contribution < -0.4 is 5.32 Å². The number of aryl methyl sites for hydroxylation is 2. The first-order valence-electron chi connectivity index (χ1n) is 11.3. The average molecular weight is 499 g/mol. The van der Waals surface area contributed by atoms with E-state index in [9.17, 15) is 9.18 Å². The molecule has 0 radical (unpaired) electrons.